The van der Waals surface area contributed by atoms with Gasteiger partial charge in [0.1, 0.15) is 5.92 Å². The largest absolute Gasteiger partial charge is 0.463 e. The van der Waals surface area contributed by atoms with Gasteiger partial charge < -0.3 is 14.8 Å². The number of rotatable bonds is 5. The van der Waals surface area contributed by atoms with Crippen molar-refractivity contribution >= 4 is 35.5 Å². The molecule has 0 aromatic rings. The topological polar surface area (TPSA) is 121 Å². The molecule has 1 fully saturated rings. The molecule has 0 bridgehead atoms. The minimum Gasteiger partial charge on any atom is -0.463 e. The van der Waals surface area contributed by atoms with Gasteiger partial charge in [0, 0.05) is 25.5 Å². The number of esters is 2. The van der Waals surface area contributed by atoms with Crippen molar-refractivity contribution in [2.24, 2.45) is 10.9 Å². The molecule has 1 atom stereocenters. The monoisotopic (exact) mass is 446 g/mol. The number of nitrogens with zero attached hydrogens (tertiary/aromatic N) is 4. The van der Waals surface area contributed by atoms with Crippen LogP contribution in [-0.2, 0) is 23.9 Å². The number of ether oxygens (including phenoxy) is 2. The molecule has 3 aliphatic heterocycles. The molecule has 0 aromatic heterocycles. The van der Waals surface area contributed by atoms with Crippen LogP contribution < -0.4 is 5.32 Å². The minimum atomic E-state index is -0.945. The minimum absolute atomic E-state index is 0.141. The Balaban J connectivity index is 2.24. The Morgan fingerprint density at radius 1 is 1.00 bits per heavy atom. The third kappa shape index (κ3) is 3.47. The number of urea groups is 1. The summed E-state index contributed by atoms with van der Waals surface area (Å²) in [4.78, 5) is 58.1. The lowest BCUT2D eigenvalue weighted by Crippen LogP contribution is -2.61. The molecule has 172 valence electrons. The lowest BCUT2D eigenvalue weighted by Gasteiger charge is -2.30. The fourth-order valence-electron chi connectivity index (χ4n) is 4.18. The first-order valence-corrected chi connectivity index (χ1v) is 10.3. The maximum atomic E-state index is 12.9. The number of dihydropyridines is 1. The number of hydrogen-bond acceptors (Lipinski definition) is 8. The quantitative estimate of drug-likeness (QED) is 0.474. The number of hydrogen-bond donors (Lipinski definition) is 1. The zero-order valence-electron chi connectivity index (χ0n) is 19.3. The smallest absolute Gasteiger partial charge is 0.337 e. The van der Waals surface area contributed by atoms with Gasteiger partial charge in [0.2, 0.25) is 0 Å². The molecule has 3 heterocycles. The number of carbonyl (C=O) groups is 4. The van der Waals surface area contributed by atoms with E-state index in [1.165, 1.54) is 19.0 Å². The number of allylic oxidation sites excluding steroid dienone is 2. The molecule has 0 spiro atoms. The summed E-state index contributed by atoms with van der Waals surface area (Å²) in [5.41, 5.74) is 1.39. The van der Waals surface area contributed by atoms with E-state index in [4.69, 9.17) is 9.47 Å². The van der Waals surface area contributed by atoms with Gasteiger partial charge in [0.05, 0.1) is 31.4 Å². The number of carbonyl (C=O) groups excluding carboxylic acids is 4. The second kappa shape index (κ2) is 8.56. The molecule has 0 radical (unpaired) electrons. The van der Waals surface area contributed by atoms with Gasteiger partial charge in [-0.15, -0.1) is 0 Å². The van der Waals surface area contributed by atoms with Gasteiger partial charge in [0.25, 0.3) is 17.8 Å². The Morgan fingerprint density at radius 3 is 1.97 bits per heavy atom. The highest BCUT2D eigenvalue weighted by molar-refractivity contribution is 6.24. The van der Waals surface area contributed by atoms with Crippen LogP contribution in [0.3, 0.4) is 0 Å². The maximum absolute atomic E-state index is 12.9. The SMILES string of the molecule is CCOC(=O)C1=C(C)NC(C)=C(C(=O)OCC)C1C1=[N+](C)C2C(=O)N(C)C(=O)N(C)C2=N1. The second-order valence-corrected chi connectivity index (χ2v) is 7.66. The van der Waals surface area contributed by atoms with Gasteiger partial charge in [0.15, 0.2) is 0 Å². The molecule has 1 unspecified atom stereocenters. The summed E-state index contributed by atoms with van der Waals surface area (Å²) in [7, 11) is 4.57. The summed E-state index contributed by atoms with van der Waals surface area (Å²) >= 11 is 0. The van der Waals surface area contributed by atoms with Crippen LogP contribution in [0.2, 0.25) is 0 Å². The Labute approximate surface area is 186 Å². The first-order chi connectivity index (χ1) is 15.1. The average Bonchev–Trinajstić information content (AvgIpc) is 3.07. The summed E-state index contributed by atoms with van der Waals surface area (Å²) < 4.78 is 12.1. The Hall–Kier alpha value is -3.50. The van der Waals surface area contributed by atoms with Gasteiger partial charge in [-0.25, -0.2) is 19.0 Å². The van der Waals surface area contributed by atoms with Crippen molar-refractivity contribution in [2.45, 2.75) is 33.7 Å². The van der Waals surface area contributed by atoms with E-state index in [2.05, 4.69) is 10.3 Å². The van der Waals surface area contributed by atoms with E-state index in [1.807, 2.05) is 0 Å². The Bertz CT molecular complexity index is 997. The van der Waals surface area contributed by atoms with Crippen molar-refractivity contribution in [3.05, 3.63) is 22.5 Å². The van der Waals surface area contributed by atoms with Crippen LogP contribution in [0.15, 0.2) is 27.5 Å². The Morgan fingerprint density at radius 2 is 1.50 bits per heavy atom. The van der Waals surface area contributed by atoms with Crippen LogP contribution in [0.25, 0.3) is 0 Å². The molecule has 0 saturated carbocycles. The normalized spacial score (nSPS) is 21.7. The molecule has 11 heteroatoms. The van der Waals surface area contributed by atoms with E-state index in [9.17, 15) is 19.2 Å². The van der Waals surface area contributed by atoms with Gasteiger partial charge in [-0.3, -0.25) is 14.6 Å². The number of amides is 3. The predicted molar refractivity (Wildman–Crippen MR) is 114 cm³/mol. The predicted octanol–water partition coefficient (Wildman–Crippen LogP) is 0.225. The van der Waals surface area contributed by atoms with E-state index in [0.717, 1.165) is 4.90 Å². The van der Waals surface area contributed by atoms with E-state index in [0.29, 0.717) is 11.4 Å². The van der Waals surface area contributed by atoms with E-state index in [1.54, 1.807) is 39.3 Å². The number of fused-ring (bicyclic) bond motifs is 1. The average molecular weight is 446 g/mol. The number of likely N-dealkylation sites (N-methyl/N-ethyl adjacent to an activating group) is 3. The third-order valence-electron chi connectivity index (χ3n) is 5.71. The molecule has 32 heavy (non-hydrogen) atoms. The highest BCUT2D eigenvalue weighted by atomic mass is 16.5. The summed E-state index contributed by atoms with van der Waals surface area (Å²) in [6.07, 6.45) is 0. The summed E-state index contributed by atoms with van der Waals surface area (Å²) in [6, 6.07) is -1.38. The molecule has 0 aromatic carbocycles. The standard InChI is InChI=1S/C21H27N5O6/c1-8-31-19(28)12-10(3)22-11(4)13(20(29)32-9-2)14(12)16-23-17-15(24(16)5)18(27)26(7)21(30)25(17)6/h14-15H,8-9H2,1-7H3/p+1. The lowest BCUT2D eigenvalue weighted by atomic mass is 9.84. The van der Waals surface area contributed by atoms with Crippen LogP contribution in [-0.4, -0.2) is 90.3 Å². The van der Waals surface area contributed by atoms with Crippen LogP contribution >= 0.6 is 0 Å². The van der Waals surface area contributed by atoms with Crippen molar-refractivity contribution in [1.29, 1.82) is 0 Å². The lowest BCUT2D eigenvalue weighted by molar-refractivity contribution is -0.507. The van der Waals surface area contributed by atoms with Gasteiger partial charge in [-0.1, -0.05) is 0 Å². The maximum Gasteiger partial charge on any atom is 0.337 e. The van der Waals surface area contributed by atoms with Gasteiger partial charge >= 0.3 is 23.8 Å². The number of amidine groups is 2. The molecule has 0 aliphatic carbocycles. The first kappa shape index (κ1) is 23.2. The van der Waals surface area contributed by atoms with Crippen molar-refractivity contribution < 1.29 is 33.2 Å². The number of aliphatic imine (C=N–C) groups is 1. The molecule has 3 rings (SSSR count). The van der Waals surface area contributed by atoms with E-state index >= 15 is 0 Å². The third-order valence-corrected chi connectivity index (χ3v) is 5.71. The molecule has 1 N–H and O–H groups in total. The van der Waals surface area contributed by atoms with E-state index < -0.39 is 35.8 Å². The fraction of sp³-hybridized carbons (Fsp3) is 0.524. The van der Waals surface area contributed by atoms with Crippen LogP contribution in [0, 0.1) is 5.92 Å². The fourth-order valence-corrected chi connectivity index (χ4v) is 4.18. The van der Waals surface area contributed by atoms with Gasteiger partial charge in [-0.05, 0) is 32.7 Å². The van der Waals surface area contributed by atoms with Crippen LogP contribution in [0.1, 0.15) is 27.7 Å². The zero-order valence-corrected chi connectivity index (χ0v) is 19.3. The van der Waals surface area contributed by atoms with Gasteiger partial charge in [-0.2, -0.15) is 0 Å². The van der Waals surface area contributed by atoms with Crippen molar-refractivity contribution in [3.63, 3.8) is 0 Å². The second-order valence-electron chi connectivity index (χ2n) is 7.66. The molecular weight excluding hydrogens is 418 g/mol. The molecule has 11 nitrogen and oxygen atoms in total. The van der Waals surface area contributed by atoms with Crippen molar-refractivity contribution in [2.75, 3.05) is 34.4 Å². The highest BCUT2D eigenvalue weighted by Crippen LogP contribution is 2.35. The zero-order chi connectivity index (χ0) is 23.9. The summed E-state index contributed by atoms with van der Waals surface area (Å²) in [6.45, 7) is 7.06. The molecule has 3 aliphatic rings. The summed E-state index contributed by atoms with van der Waals surface area (Å²) in [5, 5.41) is 3.06. The van der Waals surface area contributed by atoms with Crippen LogP contribution in [0.4, 0.5) is 4.79 Å². The molecule has 3 amide bonds. The molecule has 1 saturated heterocycles. The van der Waals surface area contributed by atoms with Crippen molar-refractivity contribution in [1.82, 2.24) is 15.1 Å². The summed E-state index contributed by atoms with van der Waals surface area (Å²) in [5.74, 6) is -2.11. The number of imide groups is 1. The van der Waals surface area contributed by atoms with Crippen LogP contribution in [0.5, 0.6) is 0 Å². The van der Waals surface area contributed by atoms with E-state index in [-0.39, 0.29) is 36.0 Å². The van der Waals surface area contributed by atoms with Crippen molar-refractivity contribution in [3.8, 4) is 0 Å². The molecular formula is C21H28N5O6+. The first-order valence-electron chi connectivity index (χ1n) is 10.3. The number of nitrogens with one attached hydrogen (secondary N) is 1. The Kier molecular flexibility index (Phi) is 6.20. The highest BCUT2D eigenvalue weighted by Gasteiger charge is 2.55.